The number of aromatic amines is 1. The van der Waals surface area contributed by atoms with Crippen molar-refractivity contribution in [3.63, 3.8) is 0 Å². The molecule has 0 aliphatic rings. The molecule has 0 saturated carbocycles. The lowest BCUT2D eigenvalue weighted by Crippen LogP contribution is -2.17. The smallest absolute Gasteiger partial charge is 0.214 e. The molecule has 142 valence electrons. The lowest BCUT2D eigenvalue weighted by molar-refractivity contribution is 0.284. The summed E-state index contributed by atoms with van der Waals surface area (Å²) in [6.07, 6.45) is 0.753. The molecule has 0 atom stereocenters. The van der Waals surface area contributed by atoms with Crippen LogP contribution in [0.1, 0.15) is 23.9 Å². The third-order valence-electron chi connectivity index (χ3n) is 4.06. The van der Waals surface area contributed by atoms with E-state index in [1.165, 1.54) is 0 Å². The van der Waals surface area contributed by atoms with Gasteiger partial charge < -0.3 is 14.9 Å². The second-order valence-corrected chi connectivity index (χ2v) is 6.63. The van der Waals surface area contributed by atoms with Gasteiger partial charge in [0.05, 0.1) is 13.7 Å². The van der Waals surface area contributed by atoms with E-state index in [1.807, 2.05) is 43.3 Å². The Kier molecular flexibility index (Phi) is 6.36. The van der Waals surface area contributed by atoms with Crippen LogP contribution >= 0.6 is 23.8 Å². The zero-order chi connectivity index (χ0) is 19.2. The van der Waals surface area contributed by atoms with Crippen LogP contribution < -0.4 is 14.9 Å². The van der Waals surface area contributed by atoms with E-state index >= 15 is 0 Å². The zero-order valence-corrected chi connectivity index (χ0v) is 16.7. The molecule has 0 radical (unpaired) electrons. The lowest BCUT2D eigenvalue weighted by Gasteiger charge is -2.15. The van der Waals surface area contributed by atoms with E-state index in [1.54, 1.807) is 17.9 Å². The van der Waals surface area contributed by atoms with Gasteiger partial charge in [-0.15, -0.1) is 0 Å². The first kappa shape index (κ1) is 19.3. The molecule has 0 fully saturated rings. The van der Waals surface area contributed by atoms with Crippen LogP contribution in [0, 0.1) is 4.77 Å². The van der Waals surface area contributed by atoms with Crippen LogP contribution in [0.25, 0.3) is 0 Å². The third kappa shape index (κ3) is 4.61. The molecule has 0 aliphatic carbocycles. The summed E-state index contributed by atoms with van der Waals surface area (Å²) in [6, 6.07) is 13.6. The summed E-state index contributed by atoms with van der Waals surface area (Å²) >= 11 is 11.7. The van der Waals surface area contributed by atoms with Crippen molar-refractivity contribution >= 4 is 23.8 Å². The summed E-state index contributed by atoms with van der Waals surface area (Å²) in [5.41, 5.74) is 5.17. The molecule has 27 heavy (non-hydrogen) atoms. The van der Waals surface area contributed by atoms with Gasteiger partial charge in [-0.3, -0.25) is 5.10 Å². The number of nitrogens with one attached hydrogen (secondary N) is 2. The molecule has 0 saturated heterocycles. The van der Waals surface area contributed by atoms with Gasteiger partial charge in [-0.2, -0.15) is 5.10 Å². The largest absolute Gasteiger partial charge is 0.493 e. The fraction of sp³-hybridized carbons (Fsp3) is 0.263. The quantitative estimate of drug-likeness (QED) is 0.541. The first-order valence-corrected chi connectivity index (χ1v) is 9.34. The van der Waals surface area contributed by atoms with E-state index in [0.29, 0.717) is 34.4 Å². The molecule has 6 nitrogen and oxygen atoms in total. The van der Waals surface area contributed by atoms with Crippen LogP contribution in [0.5, 0.6) is 11.5 Å². The molecule has 3 rings (SSSR count). The van der Waals surface area contributed by atoms with Gasteiger partial charge in [0.2, 0.25) is 4.77 Å². The van der Waals surface area contributed by atoms with Crippen LogP contribution in [-0.2, 0) is 19.6 Å². The van der Waals surface area contributed by atoms with E-state index in [-0.39, 0.29) is 0 Å². The average Bonchev–Trinajstić information content (AvgIpc) is 3.06. The second kappa shape index (κ2) is 8.92. The van der Waals surface area contributed by atoms with Crippen molar-refractivity contribution in [2.75, 3.05) is 12.5 Å². The normalized spacial score (nSPS) is 10.6. The van der Waals surface area contributed by atoms with Crippen LogP contribution in [0.4, 0.5) is 0 Å². The van der Waals surface area contributed by atoms with Gasteiger partial charge in [-0.1, -0.05) is 48.9 Å². The maximum absolute atomic E-state index is 6.46. The highest BCUT2D eigenvalue weighted by Gasteiger charge is 2.12. The Labute approximate surface area is 168 Å². The topological polar surface area (TPSA) is 64.1 Å². The summed E-state index contributed by atoms with van der Waals surface area (Å²) in [4.78, 5) is 0. The molecule has 0 unspecified atom stereocenters. The number of hydrogen-bond acceptors (Lipinski definition) is 5. The van der Waals surface area contributed by atoms with E-state index in [4.69, 9.17) is 33.3 Å². The minimum absolute atomic E-state index is 0.440. The molecule has 0 aliphatic heterocycles. The van der Waals surface area contributed by atoms with Crippen LogP contribution in [0.3, 0.4) is 0 Å². The second-order valence-electron chi connectivity index (χ2n) is 5.84. The Hall–Kier alpha value is -2.51. The van der Waals surface area contributed by atoms with Crippen LogP contribution in [0.15, 0.2) is 42.5 Å². The standard InChI is InChI=1S/C19H21ClN4O2S/c1-3-18-22-23-19(27)24(18)21-11-14-9-16(25-2)17(10-15(14)20)26-12-13-7-5-4-6-8-13/h4-10,21H,3,11-12H2,1-2H3,(H,23,27). The van der Waals surface area contributed by atoms with Crippen molar-refractivity contribution in [2.45, 2.75) is 26.5 Å². The highest BCUT2D eigenvalue weighted by Crippen LogP contribution is 2.34. The van der Waals surface area contributed by atoms with E-state index < -0.39 is 0 Å². The maximum Gasteiger partial charge on any atom is 0.214 e. The maximum atomic E-state index is 6.46. The minimum atomic E-state index is 0.440. The van der Waals surface area contributed by atoms with E-state index in [9.17, 15) is 0 Å². The van der Waals surface area contributed by atoms with Gasteiger partial charge in [0.25, 0.3) is 0 Å². The van der Waals surface area contributed by atoms with E-state index in [2.05, 4.69) is 15.6 Å². The number of H-pyrrole nitrogens is 1. The van der Waals surface area contributed by atoms with Gasteiger partial charge in [-0.05, 0) is 29.4 Å². The van der Waals surface area contributed by atoms with Gasteiger partial charge >= 0.3 is 0 Å². The lowest BCUT2D eigenvalue weighted by atomic mass is 10.2. The molecule has 3 aromatic rings. The number of aromatic nitrogens is 3. The predicted molar refractivity (Wildman–Crippen MR) is 109 cm³/mol. The SMILES string of the molecule is CCc1n[nH]c(=S)n1NCc1cc(OC)c(OCc2ccccc2)cc1Cl. The molecular weight excluding hydrogens is 384 g/mol. The highest BCUT2D eigenvalue weighted by atomic mass is 35.5. The summed E-state index contributed by atoms with van der Waals surface area (Å²) in [5, 5.41) is 7.54. The summed E-state index contributed by atoms with van der Waals surface area (Å²) < 4.78 is 13.6. The Morgan fingerprint density at radius 2 is 2.00 bits per heavy atom. The molecular formula is C19H21ClN4O2S. The first-order chi connectivity index (χ1) is 13.1. The predicted octanol–water partition coefficient (Wildman–Crippen LogP) is 4.49. The van der Waals surface area contributed by atoms with Crippen LogP contribution in [-0.4, -0.2) is 22.0 Å². The van der Waals surface area contributed by atoms with Gasteiger partial charge in [0.15, 0.2) is 17.3 Å². The molecule has 0 bridgehead atoms. The minimum Gasteiger partial charge on any atom is -0.493 e. The Bertz CT molecular complexity index is 956. The number of halogens is 1. The van der Waals surface area contributed by atoms with Gasteiger partial charge in [0.1, 0.15) is 6.61 Å². The van der Waals surface area contributed by atoms with Crippen molar-refractivity contribution in [1.29, 1.82) is 0 Å². The monoisotopic (exact) mass is 404 g/mol. The van der Waals surface area contributed by atoms with E-state index in [0.717, 1.165) is 23.4 Å². The molecule has 0 spiro atoms. The zero-order valence-electron chi connectivity index (χ0n) is 15.2. The number of benzene rings is 2. The fourth-order valence-corrected chi connectivity index (χ4v) is 3.05. The molecule has 2 N–H and O–H groups in total. The van der Waals surface area contributed by atoms with Crippen molar-refractivity contribution in [1.82, 2.24) is 14.9 Å². The van der Waals surface area contributed by atoms with Gasteiger partial charge in [0, 0.05) is 17.5 Å². The number of methoxy groups -OCH3 is 1. The average molecular weight is 405 g/mol. The highest BCUT2D eigenvalue weighted by molar-refractivity contribution is 7.71. The van der Waals surface area contributed by atoms with Crippen molar-refractivity contribution in [2.24, 2.45) is 0 Å². The van der Waals surface area contributed by atoms with Crippen molar-refractivity contribution < 1.29 is 9.47 Å². The molecule has 1 aromatic heterocycles. The third-order valence-corrected chi connectivity index (χ3v) is 4.68. The molecule has 2 aromatic carbocycles. The Balaban J connectivity index is 1.75. The van der Waals surface area contributed by atoms with Crippen LogP contribution in [0.2, 0.25) is 5.02 Å². The number of hydrogen-bond donors (Lipinski definition) is 2. The van der Waals surface area contributed by atoms with Crippen molar-refractivity contribution in [3.05, 3.63) is 69.2 Å². The molecule has 8 heteroatoms. The number of nitrogens with zero attached hydrogens (tertiary/aromatic N) is 2. The summed E-state index contributed by atoms with van der Waals surface area (Å²) in [5.74, 6) is 2.05. The molecule has 0 amide bonds. The Morgan fingerprint density at radius 3 is 2.70 bits per heavy atom. The number of ether oxygens (including phenoxy) is 2. The molecule has 1 heterocycles. The van der Waals surface area contributed by atoms with Crippen molar-refractivity contribution in [3.8, 4) is 11.5 Å². The summed E-state index contributed by atoms with van der Waals surface area (Å²) in [7, 11) is 1.61. The number of rotatable bonds is 8. The fourth-order valence-electron chi connectivity index (χ4n) is 2.61. The number of aryl methyl sites for hydroxylation is 1. The summed E-state index contributed by atoms with van der Waals surface area (Å²) in [6.45, 7) is 2.92. The first-order valence-electron chi connectivity index (χ1n) is 8.55. The Morgan fingerprint density at radius 1 is 1.22 bits per heavy atom. The van der Waals surface area contributed by atoms with Gasteiger partial charge in [-0.25, -0.2) is 4.68 Å².